The van der Waals surface area contributed by atoms with Gasteiger partial charge < -0.3 is 19.4 Å². The first-order valence-electron chi connectivity index (χ1n) is 11.5. The Morgan fingerprint density at radius 1 is 1.17 bits per heavy atom. The van der Waals surface area contributed by atoms with Crippen LogP contribution < -0.4 is 9.47 Å². The molecule has 35 heavy (non-hydrogen) atoms. The number of piperazine rings is 1. The summed E-state index contributed by atoms with van der Waals surface area (Å²) >= 11 is 0. The predicted molar refractivity (Wildman–Crippen MR) is 134 cm³/mol. The summed E-state index contributed by atoms with van der Waals surface area (Å²) < 4.78 is 38.9. The lowest BCUT2D eigenvalue weighted by Crippen LogP contribution is -2.50. The van der Waals surface area contributed by atoms with Crippen molar-refractivity contribution in [2.24, 2.45) is 5.92 Å². The van der Waals surface area contributed by atoms with Gasteiger partial charge in [0.15, 0.2) is 11.5 Å². The van der Waals surface area contributed by atoms with Crippen molar-refractivity contribution >= 4 is 33.0 Å². The first-order valence-corrected chi connectivity index (χ1v) is 12.9. The minimum atomic E-state index is -3.69. The zero-order chi connectivity index (χ0) is 25.0. The van der Waals surface area contributed by atoms with Crippen LogP contribution in [0.4, 0.5) is 0 Å². The van der Waals surface area contributed by atoms with Gasteiger partial charge in [0.05, 0.1) is 13.7 Å². The highest BCUT2D eigenvalue weighted by Crippen LogP contribution is 2.29. The molecule has 1 saturated heterocycles. The monoisotopic (exact) mass is 498 g/mol. The van der Waals surface area contributed by atoms with Gasteiger partial charge in [0.25, 0.3) is 0 Å². The molecular weight excluding hydrogens is 468 g/mol. The maximum absolute atomic E-state index is 13.2. The smallest absolute Gasteiger partial charge is 0.246 e. The molecule has 1 fully saturated rings. The van der Waals surface area contributed by atoms with E-state index in [1.54, 1.807) is 36.4 Å². The Hall–Kier alpha value is -3.37. The van der Waals surface area contributed by atoms with Gasteiger partial charge in [-0.15, -0.1) is 0 Å². The minimum Gasteiger partial charge on any atom is -0.493 e. The Labute approximate surface area is 205 Å². The van der Waals surface area contributed by atoms with Crippen molar-refractivity contribution in [1.29, 1.82) is 0 Å². The number of H-pyrrole nitrogens is 1. The lowest BCUT2D eigenvalue weighted by Gasteiger charge is -2.33. The first-order chi connectivity index (χ1) is 16.8. The standard InChI is InChI=1S/C25H30N4O5S/c1-18(2)17-34-21-8-6-19(15-22(21)33-3)7-9-24(30)28-11-13-29(14-12-28)35(31,32)23-16-27-25-20(23)5-4-10-26-25/h4-10,15-16,18H,11-14,17H2,1-3H3,(H,26,27)/b9-7+. The first kappa shape index (κ1) is 24.7. The van der Waals surface area contributed by atoms with Crippen molar-refractivity contribution in [3.8, 4) is 11.5 Å². The van der Waals surface area contributed by atoms with Crippen LogP contribution in [-0.2, 0) is 14.8 Å². The highest BCUT2D eigenvalue weighted by Gasteiger charge is 2.31. The number of hydrogen-bond acceptors (Lipinski definition) is 6. The number of carbonyl (C=O) groups excluding carboxylic acids is 1. The number of nitrogens with one attached hydrogen (secondary N) is 1. The normalized spacial score (nSPS) is 15.3. The number of hydrogen-bond donors (Lipinski definition) is 1. The largest absolute Gasteiger partial charge is 0.493 e. The Balaban J connectivity index is 1.38. The van der Waals surface area contributed by atoms with Crippen molar-refractivity contribution in [3.63, 3.8) is 0 Å². The average molecular weight is 499 g/mol. The summed E-state index contributed by atoms with van der Waals surface area (Å²) in [6, 6.07) is 8.95. The van der Waals surface area contributed by atoms with Crippen LogP contribution >= 0.6 is 0 Å². The van der Waals surface area contributed by atoms with Crippen LogP contribution in [-0.4, -0.2) is 73.4 Å². The molecule has 1 aliphatic rings. The Kier molecular flexibility index (Phi) is 7.42. The van der Waals surface area contributed by atoms with E-state index in [9.17, 15) is 13.2 Å². The molecule has 10 heteroatoms. The SMILES string of the molecule is COc1cc(/C=C/C(=O)N2CCN(S(=O)(=O)c3c[nH]c4ncccc34)CC2)ccc1OCC(C)C. The number of aromatic amines is 1. The maximum atomic E-state index is 13.2. The van der Waals surface area contributed by atoms with Crippen LogP contribution in [0.3, 0.4) is 0 Å². The zero-order valence-electron chi connectivity index (χ0n) is 20.1. The van der Waals surface area contributed by atoms with E-state index in [2.05, 4.69) is 23.8 Å². The molecular formula is C25H30N4O5S. The number of carbonyl (C=O) groups is 1. The number of rotatable bonds is 8. The molecule has 0 unspecified atom stereocenters. The molecule has 4 rings (SSSR count). The molecule has 186 valence electrons. The van der Waals surface area contributed by atoms with Crippen LogP contribution in [0.2, 0.25) is 0 Å². The molecule has 1 amide bonds. The quantitative estimate of drug-likeness (QED) is 0.479. The van der Waals surface area contributed by atoms with Gasteiger partial charge in [0, 0.05) is 50.0 Å². The molecule has 0 radical (unpaired) electrons. The van der Waals surface area contributed by atoms with Crippen molar-refractivity contribution < 1.29 is 22.7 Å². The summed E-state index contributed by atoms with van der Waals surface area (Å²) in [6.07, 6.45) is 6.30. The fraction of sp³-hybridized carbons (Fsp3) is 0.360. The van der Waals surface area contributed by atoms with E-state index < -0.39 is 10.0 Å². The lowest BCUT2D eigenvalue weighted by atomic mass is 10.1. The lowest BCUT2D eigenvalue weighted by molar-refractivity contribution is -0.127. The van der Waals surface area contributed by atoms with E-state index >= 15 is 0 Å². The summed E-state index contributed by atoms with van der Waals surface area (Å²) in [5.41, 5.74) is 1.34. The van der Waals surface area contributed by atoms with Gasteiger partial charge in [-0.25, -0.2) is 13.4 Å². The molecule has 1 aromatic carbocycles. The van der Waals surface area contributed by atoms with Gasteiger partial charge in [0.2, 0.25) is 15.9 Å². The molecule has 0 bridgehead atoms. The molecule has 3 aromatic rings. The number of ether oxygens (including phenoxy) is 2. The molecule has 0 saturated carbocycles. The van der Waals surface area contributed by atoms with E-state index in [-0.39, 0.29) is 23.9 Å². The molecule has 1 N–H and O–H groups in total. The van der Waals surface area contributed by atoms with Crippen LogP contribution in [0, 0.1) is 5.92 Å². The summed E-state index contributed by atoms with van der Waals surface area (Å²) in [5, 5.41) is 0.560. The van der Waals surface area contributed by atoms with Gasteiger partial charge in [-0.1, -0.05) is 19.9 Å². The number of pyridine rings is 1. The third-order valence-electron chi connectivity index (χ3n) is 5.76. The molecule has 3 heterocycles. The Bertz CT molecular complexity index is 1320. The second kappa shape index (κ2) is 10.5. The van der Waals surface area contributed by atoms with Crippen molar-refractivity contribution in [2.45, 2.75) is 18.7 Å². The topological polar surface area (TPSA) is 105 Å². The second-order valence-corrected chi connectivity index (χ2v) is 10.6. The summed E-state index contributed by atoms with van der Waals surface area (Å²) in [4.78, 5) is 21.7. The Morgan fingerprint density at radius 2 is 1.94 bits per heavy atom. The number of methoxy groups -OCH3 is 1. The van der Waals surface area contributed by atoms with Crippen molar-refractivity contribution in [2.75, 3.05) is 39.9 Å². The fourth-order valence-electron chi connectivity index (χ4n) is 3.87. The third kappa shape index (κ3) is 5.49. The van der Waals surface area contributed by atoms with Crippen LogP contribution in [0.25, 0.3) is 17.1 Å². The Morgan fingerprint density at radius 3 is 2.66 bits per heavy atom. The third-order valence-corrected chi connectivity index (χ3v) is 7.70. The minimum absolute atomic E-state index is 0.169. The number of aromatic nitrogens is 2. The molecule has 2 aromatic heterocycles. The van der Waals surface area contributed by atoms with Crippen LogP contribution in [0.5, 0.6) is 11.5 Å². The van der Waals surface area contributed by atoms with Gasteiger partial charge in [-0.2, -0.15) is 4.31 Å². The van der Waals surface area contributed by atoms with Gasteiger partial charge in [-0.3, -0.25) is 4.79 Å². The summed E-state index contributed by atoms with van der Waals surface area (Å²) in [5.74, 6) is 1.49. The predicted octanol–water partition coefficient (Wildman–Crippen LogP) is 3.15. The van der Waals surface area contributed by atoms with E-state index in [4.69, 9.17) is 9.47 Å². The molecule has 0 spiro atoms. The zero-order valence-corrected chi connectivity index (χ0v) is 20.9. The van der Waals surface area contributed by atoms with Crippen molar-refractivity contribution in [1.82, 2.24) is 19.2 Å². The van der Waals surface area contributed by atoms with Gasteiger partial charge in [0.1, 0.15) is 10.5 Å². The number of benzene rings is 1. The molecule has 0 atom stereocenters. The average Bonchev–Trinajstić information content (AvgIpc) is 3.31. The number of nitrogens with zero attached hydrogens (tertiary/aromatic N) is 3. The van der Waals surface area contributed by atoms with E-state index in [1.807, 2.05) is 18.2 Å². The molecule has 9 nitrogen and oxygen atoms in total. The van der Waals surface area contributed by atoms with E-state index in [0.717, 1.165) is 5.56 Å². The van der Waals surface area contributed by atoms with Crippen molar-refractivity contribution in [3.05, 3.63) is 54.4 Å². The van der Waals surface area contributed by atoms with Gasteiger partial charge >= 0.3 is 0 Å². The van der Waals surface area contributed by atoms with Crippen LogP contribution in [0.15, 0.2) is 53.7 Å². The summed E-state index contributed by atoms with van der Waals surface area (Å²) in [6.45, 7) is 5.81. The second-order valence-electron chi connectivity index (χ2n) is 8.73. The number of amides is 1. The van der Waals surface area contributed by atoms with E-state index in [1.165, 1.54) is 16.6 Å². The van der Waals surface area contributed by atoms with E-state index in [0.29, 0.717) is 48.1 Å². The highest BCUT2D eigenvalue weighted by molar-refractivity contribution is 7.89. The number of sulfonamides is 1. The maximum Gasteiger partial charge on any atom is 0.246 e. The highest BCUT2D eigenvalue weighted by atomic mass is 32.2. The fourth-order valence-corrected chi connectivity index (χ4v) is 5.44. The molecule has 0 aliphatic carbocycles. The van der Waals surface area contributed by atoms with Crippen LogP contribution in [0.1, 0.15) is 19.4 Å². The molecule has 1 aliphatic heterocycles. The van der Waals surface area contributed by atoms with Gasteiger partial charge in [-0.05, 0) is 41.8 Å². The number of fused-ring (bicyclic) bond motifs is 1. The summed E-state index contributed by atoms with van der Waals surface area (Å²) in [7, 11) is -2.11.